The maximum absolute atomic E-state index is 13.1. The lowest BCUT2D eigenvalue weighted by Crippen LogP contribution is -2.45. The Morgan fingerprint density at radius 1 is 1.17 bits per heavy atom. The van der Waals surface area contributed by atoms with E-state index in [9.17, 15) is 14.4 Å². The highest BCUT2D eigenvalue weighted by molar-refractivity contribution is 6.35. The van der Waals surface area contributed by atoms with Crippen LogP contribution in [-0.4, -0.2) is 29.3 Å². The summed E-state index contributed by atoms with van der Waals surface area (Å²) in [6, 6.07) is 13.0. The standard InChI is InChI=1S/C21H21Cl2N3O3/c1-3-21(14-7-5-4-6-8-14)19(28)26(20(29)25-21)12-18(27)24-13(2)16-10-9-15(22)11-17(16)23/h4-11,13H,3,12H2,1-2H3,(H,24,27)(H,25,29). The zero-order valence-corrected chi connectivity index (χ0v) is 17.6. The second-order valence-corrected chi connectivity index (χ2v) is 7.75. The second kappa shape index (κ2) is 8.43. The predicted octanol–water partition coefficient (Wildman–Crippen LogP) is 4.03. The van der Waals surface area contributed by atoms with Gasteiger partial charge in [0.15, 0.2) is 0 Å². The summed E-state index contributed by atoms with van der Waals surface area (Å²) in [5, 5.41) is 6.45. The van der Waals surface area contributed by atoms with Crippen molar-refractivity contribution in [2.45, 2.75) is 31.8 Å². The van der Waals surface area contributed by atoms with Crippen LogP contribution in [0.15, 0.2) is 48.5 Å². The maximum Gasteiger partial charge on any atom is 0.325 e. The van der Waals surface area contributed by atoms with Crippen LogP contribution in [0, 0.1) is 0 Å². The van der Waals surface area contributed by atoms with E-state index in [2.05, 4.69) is 10.6 Å². The fraction of sp³-hybridized carbons (Fsp3) is 0.286. The van der Waals surface area contributed by atoms with Gasteiger partial charge in [-0.2, -0.15) is 0 Å². The Labute approximate surface area is 179 Å². The van der Waals surface area contributed by atoms with E-state index >= 15 is 0 Å². The molecule has 0 aromatic heterocycles. The van der Waals surface area contributed by atoms with Crippen molar-refractivity contribution in [3.8, 4) is 0 Å². The number of amides is 4. The SMILES string of the molecule is CCC1(c2ccccc2)NC(=O)N(CC(=O)NC(C)c2ccc(Cl)cc2Cl)C1=O. The third kappa shape index (κ3) is 4.09. The highest BCUT2D eigenvalue weighted by atomic mass is 35.5. The molecular formula is C21H21Cl2N3O3. The minimum Gasteiger partial charge on any atom is -0.348 e. The molecule has 0 saturated carbocycles. The molecule has 3 rings (SSSR count). The van der Waals surface area contributed by atoms with E-state index in [0.29, 0.717) is 27.6 Å². The molecule has 2 atom stereocenters. The number of urea groups is 1. The summed E-state index contributed by atoms with van der Waals surface area (Å²) in [5.41, 5.74) is 0.211. The summed E-state index contributed by atoms with van der Waals surface area (Å²) in [6.07, 6.45) is 0.372. The van der Waals surface area contributed by atoms with Gasteiger partial charge < -0.3 is 10.6 Å². The van der Waals surface area contributed by atoms with Gasteiger partial charge in [0.05, 0.1) is 6.04 Å². The molecule has 0 bridgehead atoms. The van der Waals surface area contributed by atoms with Gasteiger partial charge in [-0.15, -0.1) is 0 Å². The molecule has 4 amide bonds. The summed E-state index contributed by atoms with van der Waals surface area (Å²) >= 11 is 12.1. The Morgan fingerprint density at radius 3 is 2.48 bits per heavy atom. The van der Waals surface area contributed by atoms with Gasteiger partial charge in [-0.1, -0.05) is 66.5 Å². The van der Waals surface area contributed by atoms with Crippen LogP contribution in [0.1, 0.15) is 37.4 Å². The molecular weight excluding hydrogens is 413 g/mol. The number of carbonyl (C=O) groups is 3. The molecule has 1 aliphatic rings. The monoisotopic (exact) mass is 433 g/mol. The van der Waals surface area contributed by atoms with E-state index in [4.69, 9.17) is 23.2 Å². The van der Waals surface area contributed by atoms with Crippen molar-refractivity contribution in [1.82, 2.24) is 15.5 Å². The topological polar surface area (TPSA) is 78.5 Å². The van der Waals surface area contributed by atoms with Gasteiger partial charge >= 0.3 is 6.03 Å². The summed E-state index contributed by atoms with van der Waals surface area (Å²) in [7, 11) is 0. The van der Waals surface area contributed by atoms with E-state index in [1.54, 1.807) is 49.4 Å². The lowest BCUT2D eigenvalue weighted by Gasteiger charge is -2.25. The lowest BCUT2D eigenvalue weighted by molar-refractivity contribution is -0.135. The van der Waals surface area contributed by atoms with Crippen LogP contribution in [0.5, 0.6) is 0 Å². The van der Waals surface area contributed by atoms with Crippen LogP contribution in [0.2, 0.25) is 10.0 Å². The molecule has 2 unspecified atom stereocenters. The third-order valence-electron chi connectivity index (χ3n) is 5.08. The van der Waals surface area contributed by atoms with Crippen LogP contribution in [0.4, 0.5) is 4.79 Å². The molecule has 8 heteroatoms. The predicted molar refractivity (Wildman–Crippen MR) is 112 cm³/mol. The molecule has 1 aliphatic heterocycles. The fourth-order valence-corrected chi connectivity index (χ4v) is 4.07. The highest BCUT2D eigenvalue weighted by Gasteiger charge is 2.51. The number of benzene rings is 2. The molecule has 0 aliphatic carbocycles. The number of nitrogens with zero attached hydrogens (tertiary/aromatic N) is 1. The molecule has 1 fully saturated rings. The Kier molecular flexibility index (Phi) is 6.15. The van der Waals surface area contributed by atoms with Gasteiger partial charge in [-0.3, -0.25) is 14.5 Å². The fourth-order valence-electron chi connectivity index (χ4n) is 3.49. The molecule has 29 heavy (non-hydrogen) atoms. The van der Waals surface area contributed by atoms with Gasteiger partial charge in [-0.05, 0) is 36.6 Å². The number of rotatable bonds is 6. The van der Waals surface area contributed by atoms with Gasteiger partial charge in [0, 0.05) is 10.0 Å². The molecule has 2 aromatic carbocycles. The smallest absolute Gasteiger partial charge is 0.325 e. The summed E-state index contributed by atoms with van der Waals surface area (Å²) in [4.78, 5) is 39.1. The molecule has 1 heterocycles. The zero-order chi connectivity index (χ0) is 21.2. The average molecular weight is 434 g/mol. The molecule has 0 radical (unpaired) electrons. The van der Waals surface area contributed by atoms with Crippen LogP contribution in [-0.2, 0) is 15.1 Å². The van der Waals surface area contributed by atoms with Gasteiger partial charge in [0.2, 0.25) is 5.91 Å². The summed E-state index contributed by atoms with van der Waals surface area (Å²) in [5.74, 6) is -0.907. The average Bonchev–Trinajstić information content (AvgIpc) is 2.93. The van der Waals surface area contributed by atoms with E-state index in [1.165, 1.54) is 0 Å². The first-order valence-corrected chi connectivity index (χ1v) is 9.98. The third-order valence-corrected chi connectivity index (χ3v) is 5.64. The first kappa shape index (κ1) is 21.1. The Balaban J connectivity index is 1.73. The Hall–Kier alpha value is -2.57. The van der Waals surface area contributed by atoms with Crippen LogP contribution >= 0.6 is 23.2 Å². The second-order valence-electron chi connectivity index (χ2n) is 6.90. The number of imide groups is 1. The van der Waals surface area contributed by atoms with Crippen molar-refractivity contribution in [2.75, 3.05) is 6.54 Å². The normalized spacial score (nSPS) is 19.8. The van der Waals surface area contributed by atoms with Crippen molar-refractivity contribution < 1.29 is 14.4 Å². The highest BCUT2D eigenvalue weighted by Crippen LogP contribution is 2.32. The number of carbonyl (C=O) groups excluding carboxylic acids is 3. The van der Waals surface area contributed by atoms with E-state index in [-0.39, 0.29) is 6.54 Å². The summed E-state index contributed by atoms with van der Waals surface area (Å²) < 4.78 is 0. The van der Waals surface area contributed by atoms with Crippen molar-refractivity contribution in [3.05, 3.63) is 69.7 Å². The molecule has 0 spiro atoms. The first-order valence-electron chi connectivity index (χ1n) is 9.22. The number of nitrogens with one attached hydrogen (secondary N) is 2. The lowest BCUT2D eigenvalue weighted by atomic mass is 9.87. The van der Waals surface area contributed by atoms with Crippen LogP contribution < -0.4 is 10.6 Å². The largest absolute Gasteiger partial charge is 0.348 e. The Bertz CT molecular complexity index is 951. The van der Waals surface area contributed by atoms with Gasteiger partial charge in [0.25, 0.3) is 5.91 Å². The number of hydrogen-bond acceptors (Lipinski definition) is 3. The van der Waals surface area contributed by atoms with E-state index in [0.717, 1.165) is 4.90 Å². The van der Waals surface area contributed by atoms with Crippen LogP contribution in [0.25, 0.3) is 0 Å². The van der Waals surface area contributed by atoms with E-state index in [1.807, 2.05) is 13.0 Å². The molecule has 152 valence electrons. The first-order chi connectivity index (χ1) is 13.8. The van der Waals surface area contributed by atoms with Gasteiger partial charge in [-0.25, -0.2) is 4.79 Å². The molecule has 2 aromatic rings. The summed E-state index contributed by atoms with van der Waals surface area (Å²) in [6.45, 7) is 3.20. The minimum atomic E-state index is -1.16. The zero-order valence-electron chi connectivity index (χ0n) is 16.0. The number of hydrogen-bond donors (Lipinski definition) is 2. The maximum atomic E-state index is 13.1. The minimum absolute atomic E-state index is 0.372. The van der Waals surface area contributed by atoms with Crippen LogP contribution in [0.3, 0.4) is 0 Å². The van der Waals surface area contributed by atoms with Gasteiger partial charge in [0.1, 0.15) is 12.1 Å². The Morgan fingerprint density at radius 2 is 1.86 bits per heavy atom. The molecule has 1 saturated heterocycles. The van der Waals surface area contributed by atoms with Crippen molar-refractivity contribution in [1.29, 1.82) is 0 Å². The van der Waals surface area contributed by atoms with E-state index < -0.39 is 29.4 Å². The quantitative estimate of drug-likeness (QED) is 0.674. The molecule has 2 N–H and O–H groups in total. The molecule has 6 nitrogen and oxygen atoms in total. The number of halogens is 2. The van der Waals surface area contributed by atoms with Crippen molar-refractivity contribution >= 4 is 41.0 Å². The van der Waals surface area contributed by atoms with Crippen molar-refractivity contribution in [2.24, 2.45) is 0 Å². The van der Waals surface area contributed by atoms with Crippen molar-refractivity contribution in [3.63, 3.8) is 0 Å².